The third kappa shape index (κ3) is 5.23. The average molecular weight is 633 g/mol. The molecule has 0 radical (unpaired) electrons. The molecular weight excluding hydrogens is 586 g/mol. The number of carbonyl (C=O) groups excluding carboxylic acids is 1. The largest absolute Gasteiger partial charge is 0.338 e. The van der Waals surface area contributed by atoms with Crippen LogP contribution in [-0.4, -0.2) is 80.6 Å². The first kappa shape index (κ1) is 30.1. The number of benzene rings is 1. The van der Waals surface area contributed by atoms with E-state index in [1.807, 2.05) is 11.0 Å². The van der Waals surface area contributed by atoms with Gasteiger partial charge < -0.3 is 15.1 Å². The van der Waals surface area contributed by atoms with E-state index < -0.39 is 6.43 Å². The number of aryl methyl sites for hydroxylation is 2. The van der Waals surface area contributed by atoms with Gasteiger partial charge in [0.2, 0.25) is 5.91 Å². The van der Waals surface area contributed by atoms with Crippen molar-refractivity contribution in [2.45, 2.75) is 89.8 Å². The van der Waals surface area contributed by atoms with Crippen molar-refractivity contribution in [2.24, 2.45) is 12.5 Å². The topological polar surface area (TPSA) is 74.5 Å². The third-order valence-corrected chi connectivity index (χ3v) is 11.8. The second kappa shape index (κ2) is 11.7. The molecule has 0 bridgehead atoms. The fourth-order valence-corrected chi connectivity index (χ4v) is 9.19. The molecule has 1 saturated heterocycles. The van der Waals surface area contributed by atoms with Crippen molar-refractivity contribution >= 4 is 17.4 Å². The Morgan fingerprint density at radius 2 is 1.83 bits per heavy atom. The Balaban J connectivity index is 1.10. The van der Waals surface area contributed by atoms with Crippen LogP contribution in [0.25, 0.3) is 11.1 Å². The number of anilines is 2. The first-order valence-corrected chi connectivity index (χ1v) is 17.3. The van der Waals surface area contributed by atoms with Gasteiger partial charge in [-0.3, -0.25) is 19.1 Å². The van der Waals surface area contributed by atoms with Crippen LogP contribution in [-0.2, 0) is 31.2 Å². The summed E-state index contributed by atoms with van der Waals surface area (Å²) in [4.78, 5) is 19.3. The minimum atomic E-state index is -2.61. The Morgan fingerprint density at radius 1 is 1.04 bits per heavy atom. The van der Waals surface area contributed by atoms with Crippen LogP contribution in [0.2, 0.25) is 0 Å². The predicted octanol–water partition coefficient (Wildman–Crippen LogP) is 5.38. The number of alkyl halides is 2. The van der Waals surface area contributed by atoms with Crippen LogP contribution in [0.5, 0.6) is 0 Å². The average Bonchev–Trinajstić information content (AvgIpc) is 3.66. The first-order chi connectivity index (χ1) is 22.3. The van der Waals surface area contributed by atoms with Crippen LogP contribution in [0.4, 0.5) is 20.3 Å². The minimum Gasteiger partial charge on any atom is -0.338 e. The Labute approximate surface area is 269 Å². The van der Waals surface area contributed by atoms with E-state index in [0.29, 0.717) is 42.2 Å². The van der Waals surface area contributed by atoms with E-state index in [1.54, 1.807) is 37.1 Å². The van der Waals surface area contributed by atoms with E-state index >= 15 is 0 Å². The van der Waals surface area contributed by atoms with Gasteiger partial charge in [0.25, 0.3) is 6.43 Å². The zero-order valence-electron chi connectivity index (χ0n) is 27.1. The molecule has 3 aromatic rings. The molecule has 5 heterocycles. The highest BCUT2D eigenvalue weighted by Crippen LogP contribution is 2.55. The predicted molar refractivity (Wildman–Crippen MR) is 173 cm³/mol. The van der Waals surface area contributed by atoms with Gasteiger partial charge in [-0.1, -0.05) is 0 Å². The second-order valence-electron chi connectivity index (χ2n) is 14.5. The fraction of sp³-hybridized carbons (Fsp3) is 0.629. The number of carbonyl (C=O) groups is 1. The van der Waals surface area contributed by atoms with Crippen molar-refractivity contribution in [1.29, 1.82) is 0 Å². The standard InChI is InChI=1S/C35H46F2N8O/c1-23(46)43-13-7-31-30(22-43)34(40-45(31)26-5-8-35(9-6-26)18-27(19-35)42-14-10-38-11-15-42)44-12-3-4-24-16-28(25-20-39-41(2)21-25)29(33(36)37)17-32(24)44/h16-17,20-21,26-27,33,38H,3-15,18-19,22H2,1-2H3. The van der Waals surface area contributed by atoms with Gasteiger partial charge in [-0.15, -0.1) is 0 Å². The number of hydrogen-bond acceptors (Lipinski definition) is 6. The van der Waals surface area contributed by atoms with Gasteiger partial charge in [0.1, 0.15) is 0 Å². The maximum Gasteiger partial charge on any atom is 0.264 e. The molecule has 2 aromatic heterocycles. The number of rotatable bonds is 5. The zero-order chi connectivity index (χ0) is 31.6. The summed E-state index contributed by atoms with van der Waals surface area (Å²) in [5.74, 6) is 0.909. The van der Waals surface area contributed by atoms with Gasteiger partial charge in [0, 0.05) is 100.0 Å². The molecule has 0 atom stereocenters. The van der Waals surface area contributed by atoms with Gasteiger partial charge in [-0.2, -0.15) is 10.2 Å². The van der Waals surface area contributed by atoms with Crippen LogP contribution in [0.15, 0.2) is 24.5 Å². The molecule has 2 aliphatic carbocycles. The Hall–Kier alpha value is -3.31. The quantitative estimate of drug-likeness (QED) is 0.408. The summed E-state index contributed by atoms with van der Waals surface area (Å²) in [5, 5.41) is 13.1. The molecule has 0 unspecified atom stereocenters. The Morgan fingerprint density at radius 3 is 2.52 bits per heavy atom. The summed E-state index contributed by atoms with van der Waals surface area (Å²) >= 11 is 0. The number of aromatic nitrogens is 4. The van der Waals surface area contributed by atoms with Gasteiger partial charge in [0.15, 0.2) is 5.82 Å². The lowest BCUT2D eigenvalue weighted by atomic mass is 9.57. The summed E-state index contributed by atoms with van der Waals surface area (Å²) in [6.07, 6.45) is 10.7. The Kier molecular flexibility index (Phi) is 7.67. The molecule has 246 valence electrons. The highest BCUT2D eigenvalue weighted by Gasteiger charge is 2.48. The second-order valence-corrected chi connectivity index (χ2v) is 14.5. The lowest BCUT2D eigenvalue weighted by molar-refractivity contribution is -0.129. The molecule has 46 heavy (non-hydrogen) atoms. The number of nitrogens with zero attached hydrogens (tertiary/aromatic N) is 7. The fourth-order valence-electron chi connectivity index (χ4n) is 9.19. The lowest BCUT2D eigenvalue weighted by Crippen LogP contribution is -2.57. The number of halogens is 2. The van der Waals surface area contributed by atoms with Gasteiger partial charge in [0.05, 0.1) is 18.8 Å². The summed E-state index contributed by atoms with van der Waals surface area (Å²) in [6.45, 7) is 8.12. The maximum absolute atomic E-state index is 14.6. The van der Waals surface area contributed by atoms with Crippen molar-refractivity contribution in [1.82, 2.24) is 34.7 Å². The molecule has 9 nitrogen and oxygen atoms in total. The summed E-state index contributed by atoms with van der Waals surface area (Å²) in [7, 11) is 1.80. The number of amides is 1. The summed E-state index contributed by atoms with van der Waals surface area (Å²) in [6, 6.07) is 4.72. The molecule has 5 aliphatic rings. The molecule has 3 aliphatic heterocycles. The number of hydrogen-bond donors (Lipinski definition) is 1. The van der Waals surface area contributed by atoms with E-state index in [1.165, 1.54) is 44.5 Å². The van der Waals surface area contributed by atoms with E-state index in [9.17, 15) is 13.6 Å². The van der Waals surface area contributed by atoms with Gasteiger partial charge >= 0.3 is 0 Å². The molecule has 1 N–H and O–H groups in total. The van der Waals surface area contributed by atoms with Crippen LogP contribution < -0.4 is 10.2 Å². The Bertz CT molecular complexity index is 1610. The van der Waals surface area contributed by atoms with E-state index in [0.717, 1.165) is 73.9 Å². The minimum absolute atomic E-state index is 0.0227. The molecule has 1 aromatic carbocycles. The van der Waals surface area contributed by atoms with E-state index in [2.05, 4.69) is 24.9 Å². The highest BCUT2D eigenvalue weighted by atomic mass is 19.3. The van der Waals surface area contributed by atoms with Crippen molar-refractivity contribution in [3.63, 3.8) is 0 Å². The first-order valence-electron chi connectivity index (χ1n) is 17.3. The van der Waals surface area contributed by atoms with E-state index in [4.69, 9.17) is 5.10 Å². The van der Waals surface area contributed by atoms with Gasteiger partial charge in [-0.05, 0) is 80.0 Å². The molecule has 1 spiro atoms. The van der Waals surface area contributed by atoms with Gasteiger partial charge in [-0.25, -0.2) is 8.78 Å². The molecule has 11 heteroatoms. The number of fused-ring (bicyclic) bond motifs is 2. The zero-order valence-corrected chi connectivity index (χ0v) is 27.1. The molecular formula is C35H46F2N8O. The molecule has 3 fully saturated rings. The van der Waals surface area contributed by atoms with Crippen molar-refractivity contribution < 1.29 is 13.6 Å². The van der Waals surface area contributed by atoms with E-state index in [-0.39, 0.29) is 11.5 Å². The van der Waals surface area contributed by atoms with Crippen LogP contribution in [0.1, 0.15) is 86.7 Å². The number of piperazine rings is 1. The van der Waals surface area contributed by atoms with Crippen LogP contribution >= 0.6 is 0 Å². The number of nitrogens with one attached hydrogen (secondary N) is 1. The molecule has 1 amide bonds. The van der Waals surface area contributed by atoms with Crippen molar-refractivity contribution in [2.75, 3.05) is 44.2 Å². The summed E-state index contributed by atoms with van der Waals surface area (Å²) in [5.41, 5.74) is 5.95. The SMILES string of the molecule is CC(=O)N1CCc2c(c(N3CCCc4cc(-c5cnn(C)c5)c(C(F)F)cc43)nn2C2CCC3(CC2)CC(N2CCNCC2)C3)C1. The highest BCUT2D eigenvalue weighted by molar-refractivity contribution is 5.78. The summed E-state index contributed by atoms with van der Waals surface area (Å²) < 4.78 is 33.1. The maximum atomic E-state index is 14.6. The van der Waals surface area contributed by atoms with Crippen LogP contribution in [0.3, 0.4) is 0 Å². The molecule has 8 rings (SSSR count). The van der Waals surface area contributed by atoms with Crippen molar-refractivity contribution in [3.8, 4) is 11.1 Å². The smallest absolute Gasteiger partial charge is 0.264 e. The monoisotopic (exact) mass is 632 g/mol. The lowest BCUT2D eigenvalue weighted by Gasteiger charge is -2.55. The normalized spacial score (nSPS) is 26.7. The van der Waals surface area contributed by atoms with Crippen molar-refractivity contribution in [3.05, 3.63) is 46.9 Å². The van der Waals surface area contributed by atoms with Crippen LogP contribution in [0, 0.1) is 5.41 Å². The third-order valence-electron chi connectivity index (χ3n) is 11.8. The molecule has 2 saturated carbocycles.